The van der Waals surface area contributed by atoms with Crippen molar-refractivity contribution in [1.29, 1.82) is 0 Å². The summed E-state index contributed by atoms with van der Waals surface area (Å²) in [7, 11) is 0. The van der Waals surface area contributed by atoms with E-state index < -0.39 is 11.7 Å². The van der Waals surface area contributed by atoms with E-state index in [1.165, 1.54) is 29.5 Å². The fraction of sp³-hybridized carbons (Fsp3) is 0.161. The van der Waals surface area contributed by atoms with Crippen molar-refractivity contribution < 1.29 is 22.8 Å². The normalized spacial score (nSPS) is 14.8. The van der Waals surface area contributed by atoms with E-state index in [-0.39, 0.29) is 18.4 Å². The Hall–Kier alpha value is -4.04. The van der Waals surface area contributed by atoms with Gasteiger partial charge in [-0.05, 0) is 65.6 Å². The first-order valence-corrected chi connectivity index (χ1v) is 13.3. The number of alkyl halides is 3. The zero-order valence-corrected chi connectivity index (χ0v) is 21.6. The van der Waals surface area contributed by atoms with E-state index in [4.69, 9.17) is 0 Å². The number of carbonyl (C=O) groups excluding carboxylic acids is 2. The molecule has 6 rings (SSSR count). The molecule has 0 radical (unpaired) electrons. The van der Waals surface area contributed by atoms with E-state index in [0.29, 0.717) is 35.5 Å². The van der Waals surface area contributed by atoms with Gasteiger partial charge in [-0.3, -0.25) is 9.59 Å². The minimum absolute atomic E-state index is 0.0631. The van der Waals surface area contributed by atoms with E-state index in [2.05, 4.69) is 6.07 Å². The number of carbonyl (C=O) groups is 2. The van der Waals surface area contributed by atoms with Gasteiger partial charge in [0, 0.05) is 28.4 Å². The molecule has 39 heavy (non-hydrogen) atoms. The maximum absolute atomic E-state index is 13.8. The van der Waals surface area contributed by atoms with Crippen LogP contribution in [0.15, 0.2) is 101 Å². The van der Waals surface area contributed by atoms with E-state index in [9.17, 15) is 22.8 Å². The summed E-state index contributed by atoms with van der Waals surface area (Å²) in [6, 6.07) is 25.5. The van der Waals surface area contributed by atoms with Crippen molar-refractivity contribution in [1.82, 2.24) is 4.90 Å². The van der Waals surface area contributed by atoms with Crippen LogP contribution in [-0.4, -0.2) is 23.3 Å². The summed E-state index contributed by atoms with van der Waals surface area (Å²) in [6.07, 6.45) is -3.67. The van der Waals surface area contributed by atoms with E-state index >= 15 is 0 Å². The van der Waals surface area contributed by atoms with Gasteiger partial charge in [0.1, 0.15) is 0 Å². The van der Waals surface area contributed by atoms with Crippen LogP contribution in [0.2, 0.25) is 0 Å². The SMILES string of the molecule is O=C(c1ccc2c(c1)N(Cc1ccc(C(F)(F)F)cc1)C(=O)c1ccccc1S2)N1CCc2ccccc2C1. The first-order chi connectivity index (χ1) is 18.8. The molecule has 4 aromatic rings. The van der Waals surface area contributed by atoms with Crippen molar-refractivity contribution in [3.05, 3.63) is 124 Å². The number of halogens is 3. The first-order valence-electron chi connectivity index (χ1n) is 12.5. The molecule has 0 saturated carbocycles. The van der Waals surface area contributed by atoms with Crippen LogP contribution in [0.5, 0.6) is 0 Å². The number of rotatable bonds is 3. The minimum atomic E-state index is -4.44. The number of hydrogen-bond donors (Lipinski definition) is 0. The molecule has 0 fully saturated rings. The highest BCUT2D eigenvalue weighted by atomic mass is 32.2. The summed E-state index contributed by atoms with van der Waals surface area (Å²) in [5.41, 5.74) is 3.70. The van der Waals surface area contributed by atoms with Crippen LogP contribution in [0, 0.1) is 0 Å². The third kappa shape index (κ3) is 4.92. The van der Waals surface area contributed by atoms with Crippen molar-refractivity contribution in [2.45, 2.75) is 35.5 Å². The van der Waals surface area contributed by atoms with E-state index in [0.717, 1.165) is 33.9 Å². The molecule has 0 bridgehead atoms. The Balaban J connectivity index is 1.36. The van der Waals surface area contributed by atoms with Crippen LogP contribution in [0.4, 0.5) is 18.9 Å². The maximum Gasteiger partial charge on any atom is 0.416 e. The number of hydrogen-bond acceptors (Lipinski definition) is 3. The summed E-state index contributed by atoms with van der Waals surface area (Å²) in [5.74, 6) is -0.394. The second-order valence-corrected chi connectivity index (χ2v) is 10.7. The van der Waals surface area contributed by atoms with Crippen LogP contribution < -0.4 is 4.90 Å². The van der Waals surface area contributed by atoms with Crippen molar-refractivity contribution in [2.75, 3.05) is 11.4 Å². The lowest BCUT2D eigenvalue weighted by molar-refractivity contribution is -0.137. The largest absolute Gasteiger partial charge is 0.416 e. The van der Waals surface area contributed by atoms with Gasteiger partial charge in [0.05, 0.1) is 23.4 Å². The smallest absolute Gasteiger partial charge is 0.334 e. The van der Waals surface area contributed by atoms with Crippen LogP contribution in [0.3, 0.4) is 0 Å². The standard InChI is InChI=1S/C31H23F3N2O2S/c32-31(33,34)24-12-9-20(10-13-24)18-36-26-17-22(29(37)35-16-15-21-5-1-2-6-23(21)19-35)11-14-28(26)39-27-8-4-3-7-25(27)30(36)38/h1-14,17H,15-16,18-19H2. The molecular formula is C31H23F3N2O2S. The van der Waals surface area contributed by atoms with Gasteiger partial charge in [0.25, 0.3) is 11.8 Å². The molecule has 0 N–H and O–H groups in total. The van der Waals surface area contributed by atoms with Crippen molar-refractivity contribution >= 4 is 29.3 Å². The third-order valence-corrected chi connectivity index (χ3v) is 8.26. The Labute approximate surface area is 228 Å². The molecule has 2 amide bonds. The Morgan fingerprint density at radius 1 is 0.846 bits per heavy atom. The topological polar surface area (TPSA) is 40.6 Å². The van der Waals surface area contributed by atoms with Gasteiger partial charge < -0.3 is 9.80 Å². The number of amides is 2. The average molecular weight is 545 g/mol. The average Bonchev–Trinajstić information content (AvgIpc) is 3.06. The van der Waals surface area contributed by atoms with Gasteiger partial charge in [0.15, 0.2) is 0 Å². The highest BCUT2D eigenvalue weighted by molar-refractivity contribution is 7.99. The lowest BCUT2D eigenvalue weighted by Gasteiger charge is -2.29. The second-order valence-electron chi connectivity index (χ2n) is 9.61. The fourth-order valence-corrected chi connectivity index (χ4v) is 6.10. The summed E-state index contributed by atoms with van der Waals surface area (Å²) in [4.78, 5) is 32.3. The van der Waals surface area contributed by atoms with Crippen LogP contribution in [0.1, 0.15) is 43.0 Å². The molecule has 0 aromatic heterocycles. The molecule has 8 heteroatoms. The summed E-state index contributed by atoms with van der Waals surface area (Å²) >= 11 is 1.44. The van der Waals surface area contributed by atoms with Gasteiger partial charge in [-0.15, -0.1) is 0 Å². The van der Waals surface area contributed by atoms with Crippen molar-refractivity contribution in [2.24, 2.45) is 0 Å². The van der Waals surface area contributed by atoms with Gasteiger partial charge in [-0.25, -0.2) is 0 Å². The molecule has 0 aliphatic carbocycles. The van der Waals surface area contributed by atoms with Crippen molar-refractivity contribution in [3.63, 3.8) is 0 Å². The van der Waals surface area contributed by atoms with Crippen LogP contribution >= 0.6 is 11.8 Å². The Morgan fingerprint density at radius 2 is 1.56 bits per heavy atom. The highest BCUT2D eigenvalue weighted by Gasteiger charge is 2.32. The van der Waals surface area contributed by atoms with Crippen LogP contribution in [-0.2, 0) is 25.7 Å². The molecular weight excluding hydrogens is 521 g/mol. The van der Waals surface area contributed by atoms with Gasteiger partial charge in [-0.1, -0.05) is 60.3 Å². The molecule has 2 aliphatic rings. The summed E-state index contributed by atoms with van der Waals surface area (Å²) in [5, 5.41) is 0. The number of benzene rings is 4. The van der Waals surface area contributed by atoms with E-state index in [1.54, 1.807) is 29.2 Å². The highest BCUT2D eigenvalue weighted by Crippen LogP contribution is 2.42. The molecule has 0 unspecified atom stereocenters. The van der Waals surface area contributed by atoms with Gasteiger partial charge >= 0.3 is 6.18 Å². The molecule has 2 heterocycles. The minimum Gasteiger partial charge on any atom is -0.334 e. The third-order valence-electron chi connectivity index (χ3n) is 7.12. The quantitative estimate of drug-likeness (QED) is 0.274. The predicted octanol–water partition coefficient (Wildman–Crippen LogP) is 7.22. The van der Waals surface area contributed by atoms with Crippen molar-refractivity contribution in [3.8, 4) is 0 Å². The monoisotopic (exact) mass is 544 g/mol. The van der Waals surface area contributed by atoms with Crippen LogP contribution in [0.25, 0.3) is 0 Å². The fourth-order valence-electron chi connectivity index (χ4n) is 5.04. The van der Waals surface area contributed by atoms with Gasteiger partial charge in [0.2, 0.25) is 0 Å². The lowest BCUT2D eigenvalue weighted by atomic mass is 9.99. The van der Waals surface area contributed by atoms with E-state index in [1.807, 2.05) is 41.3 Å². The molecule has 0 spiro atoms. The summed E-state index contributed by atoms with van der Waals surface area (Å²) in [6.45, 7) is 1.18. The Kier molecular flexibility index (Phi) is 6.43. The molecule has 4 nitrogen and oxygen atoms in total. The zero-order chi connectivity index (χ0) is 27.1. The lowest BCUT2D eigenvalue weighted by Crippen LogP contribution is -2.36. The zero-order valence-electron chi connectivity index (χ0n) is 20.7. The Morgan fingerprint density at radius 3 is 2.33 bits per heavy atom. The molecule has 196 valence electrons. The first kappa shape index (κ1) is 25.2. The number of fused-ring (bicyclic) bond motifs is 3. The predicted molar refractivity (Wildman–Crippen MR) is 144 cm³/mol. The van der Waals surface area contributed by atoms with Gasteiger partial charge in [-0.2, -0.15) is 13.2 Å². The second kappa shape index (κ2) is 9.93. The molecule has 2 aliphatic heterocycles. The number of nitrogens with zero attached hydrogens (tertiary/aromatic N) is 2. The molecule has 4 aromatic carbocycles. The summed E-state index contributed by atoms with van der Waals surface area (Å²) < 4.78 is 39.3. The maximum atomic E-state index is 13.8. The Bertz CT molecular complexity index is 1580. The molecule has 0 atom stereocenters. The molecule has 0 saturated heterocycles. The number of anilines is 1.